The number of rotatable bonds is 3. The van der Waals surface area contributed by atoms with Crippen LogP contribution in [0.1, 0.15) is 31.9 Å². The van der Waals surface area contributed by atoms with Gasteiger partial charge in [0.1, 0.15) is 0 Å². The number of carbonyl (C=O) groups excluding carboxylic acids is 3. The van der Waals surface area contributed by atoms with E-state index in [0.717, 1.165) is 5.56 Å². The minimum Gasteiger partial charge on any atom is -0.347 e. The molecule has 0 aliphatic carbocycles. The fourth-order valence-electron chi connectivity index (χ4n) is 4.59. The van der Waals surface area contributed by atoms with Crippen LogP contribution in [0, 0.1) is 5.92 Å². The Kier molecular flexibility index (Phi) is 5.00. The molecule has 0 spiro atoms. The third-order valence-corrected chi connectivity index (χ3v) is 5.56. The second kappa shape index (κ2) is 7.07. The number of benzene rings is 1. The Balaban J connectivity index is 2.02. The summed E-state index contributed by atoms with van der Waals surface area (Å²) in [5.74, 6) is -0.283. The molecule has 3 rings (SSSR count). The van der Waals surface area contributed by atoms with Crippen molar-refractivity contribution in [3.63, 3.8) is 0 Å². The summed E-state index contributed by atoms with van der Waals surface area (Å²) in [4.78, 5) is 40.0. The smallest absolute Gasteiger partial charge is 0.236 e. The highest BCUT2D eigenvalue weighted by molar-refractivity contribution is 5.80. The van der Waals surface area contributed by atoms with Crippen molar-refractivity contribution in [2.45, 2.75) is 31.8 Å². The molecule has 1 aromatic carbocycles. The van der Waals surface area contributed by atoms with Gasteiger partial charge in [0.15, 0.2) is 0 Å². The molecule has 2 aliphatic rings. The van der Waals surface area contributed by atoms with E-state index in [4.69, 9.17) is 5.73 Å². The average molecular weight is 358 g/mol. The molecular weight excluding hydrogens is 332 g/mol. The third-order valence-electron chi connectivity index (χ3n) is 5.56. The molecule has 0 saturated carbocycles. The summed E-state index contributed by atoms with van der Waals surface area (Å²) in [6, 6.07) is 9.78. The Morgan fingerprint density at radius 1 is 1.19 bits per heavy atom. The lowest BCUT2D eigenvalue weighted by atomic mass is 9.75. The molecule has 2 heterocycles. The van der Waals surface area contributed by atoms with E-state index >= 15 is 0 Å². The second-order valence-electron chi connectivity index (χ2n) is 7.25. The molecule has 2 saturated heterocycles. The van der Waals surface area contributed by atoms with E-state index in [-0.39, 0.29) is 36.2 Å². The first kappa shape index (κ1) is 18.4. The van der Waals surface area contributed by atoms with E-state index in [2.05, 4.69) is 5.32 Å². The van der Waals surface area contributed by atoms with Crippen LogP contribution in [0.4, 0.5) is 0 Å². The normalized spacial score (nSPS) is 27.8. The minimum atomic E-state index is -0.652. The number of hydrogen-bond donors (Lipinski definition) is 2. The third kappa shape index (κ3) is 3.19. The van der Waals surface area contributed by atoms with E-state index in [1.54, 1.807) is 11.8 Å². The minimum absolute atomic E-state index is 0.0327. The number of carbonyl (C=O) groups is 3. The summed E-state index contributed by atoms with van der Waals surface area (Å²) < 4.78 is 0. The molecule has 26 heavy (non-hydrogen) atoms. The quantitative estimate of drug-likeness (QED) is 0.811. The summed E-state index contributed by atoms with van der Waals surface area (Å²) >= 11 is 0. The first-order valence-electron chi connectivity index (χ1n) is 8.96. The summed E-state index contributed by atoms with van der Waals surface area (Å²) in [5.41, 5.74) is 5.94. The largest absolute Gasteiger partial charge is 0.347 e. The van der Waals surface area contributed by atoms with Crippen LogP contribution in [0.3, 0.4) is 0 Å². The fraction of sp³-hybridized carbons (Fsp3) is 0.526. The molecule has 2 aliphatic heterocycles. The monoisotopic (exact) mass is 358 g/mol. The summed E-state index contributed by atoms with van der Waals surface area (Å²) in [7, 11) is 0. The van der Waals surface area contributed by atoms with E-state index in [1.807, 2.05) is 35.2 Å². The number of piperidine rings is 1. The van der Waals surface area contributed by atoms with Crippen molar-refractivity contribution in [1.29, 1.82) is 0 Å². The molecule has 2 fully saturated rings. The van der Waals surface area contributed by atoms with Crippen LogP contribution in [0.2, 0.25) is 0 Å². The van der Waals surface area contributed by atoms with E-state index in [9.17, 15) is 14.4 Å². The highest BCUT2D eigenvalue weighted by Crippen LogP contribution is 2.47. The van der Waals surface area contributed by atoms with E-state index in [1.165, 1.54) is 6.92 Å². The van der Waals surface area contributed by atoms with Crippen LogP contribution in [-0.4, -0.2) is 59.2 Å². The lowest BCUT2D eigenvalue weighted by Crippen LogP contribution is -2.64. The van der Waals surface area contributed by atoms with Crippen LogP contribution in [-0.2, 0) is 14.4 Å². The van der Waals surface area contributed by atoms with Gasteiger partial charge in [0.2, 0.25) is 17.7 Å². The van der Waals surface area contributed by atoms with Gasteiger partial charge in [0.05, 0.1) is 18.1 Å². The maximum Gasteiger partial charge on any atom is 0.236 e. The summed E-state index contributed by atoms with van der Waals surface area (Å²) in [5, 5.41) is 3.08. The van der Waals surface area contributed by atoms with Crippen molar-refractivity contribution in [3.05, 3.63) is 35.9 Å². The molecule has 0 aromatic heterocycles. The first-order valence-corrected chi connectivity index (χ1v) is 8.96. The van der Waals surface area contributed by atoms with E-state index in [0.29, 0.717) is 26.1 Å². The Morgan fingerprint density at radius 2 is 1.88 bits per heavy atom. The molecule has 1 aromatic rings. The van der Waals surface area contributed by atoms with Crippen molar-refractivity contribution in [2.24, 2.45) is 11.7 Å². The maximum atomic E-state index is 12.4. The van der Waals surface area contributed by atoms with Gasteiger partial charge in [-0.2, -0.15) is 0 Å². The van der Waals surface area contributed by atoms with E-state index < -0.39 is 5.54 Å². The van der Waals surface area contributed by atoms with Crippen LogP contribution >= 0.6 is 0 Å². The van der Waals surface area contributed by atoms with Crippen molar-refractivity contribution < 1.29 is 14.4 Å². The van der Waals surface area contributed by atoms with Crippen molar-refractivity contribution in [1.82, 2.24) is 15.1 Å². The fourth-order valence-corrected chi connectivity index (χ4v) is 4.59. The molecular formula is C19H26N4O3. The van der Waals surface area contributed by atoms with Crippen LogP contribution in [0.5, 0.6) is 0 Å². The number of amides is 3. The van der Waals surface area contributed by atoms with Gasteiger partial charge in [-0.3, -0.25) is 14.4 Å². The van der Waals surface area contributed by atoms with Crippen molar-refractivity contribution in [2.75, 3.05) is 26.2 Å². The number of nitrogens with one attached hydrogen (secondary N) is 1. The van der Waals surface area contributed by atoms with Crippen LogP contribution < -0.4 is 11.1 Å². The highest BCUT2D eigenvalue weighted by Gasteiger charge is 2.57. The number of likely N-dealkylation sites (tertiary alicyclic amines) is 2. The Morgan fingerprint density at radius 3 is 2.46 bits per heavy atom. The first-order chi connectivity index (χ1) is 12.4. The predicted molar refractivity (Wildman–Crippen MR) is 96.9 cm³/mol. The average Bonchev–Trinajstić information content (AvgIpc) is 2.95. The van der Waals surface area contributed by atoms with Crippen LogP contribution in [0.25, 0.3) is 0 Å². The molecule has 3 amide bonds. The second-order valence-corrected chi connectivity index (χ2v) is 7.25. The Hall–Kier alpha value is -2.41. The van der Waals surface area contributed by atoms with Gasteiger partial charge in [-0.1, -0.05) is 30.3 Å². The number of nitrogens with zero attached hydrogens (tertiary/aromatic N) is 2. The Bertz CT molecular complexity index is 708. The molecule has 0 radical (unpaired) electrons. The maximum absolute atomic E-state index is 12.4. The van der Waals surface area contributed by atoms with Crippen LogP contribution in [0.15, 0.2) is 30.3 Å². The topological polar surface area (TPSA) is 95.7 Å². The predicted octanol–water partition coefficient (Wildman–Crippen LogP) is 0.272. The zero-order valence-electron chi connectivity index (χ0n) is 15.3. The standard InChI is InChI=1S/C19H26N4O3/c1-13(24)21-19-11-22(17(26)10-20)9-8-16(19)18(23(12-19)14(2)25)15-6-4-3-5-7-15/h3-7,16,18H,8-12,20H2,1-2H3,(H,21,24)/t16-,18-,19-/m1/s1. The molecule has 3 N–H and O–H groups in total. The molecule has 7 nitrogen and oxygen atoms in total. The Labute approximate surface area is 153 Å². The van der Waals surface area contributed by atoms with Gasteiger partial charge < -0.3 is 20.9 Å². The van der Waals surface area contributed by atoms with Gasteiger partial charge >= 0.3 is 0 Å². The lowest BCUT2D eigenvalue weighted by Gasteiger charge is -2.45. The van der Waals surface area contributed by atoms with Gasteiger partial charge in [-0.25, -0.2) is 0 Å². The van der Waals surface area contributed by atoms with Crippen molar-refractivity contribution >= 4 is 17.7 Å². The zero-order chi connectivity index (χ0) is 18.9. The SMILES string of the molecule is CC(=O)N[C@@]12CN(C(=O)CN)CC[C@@H]1[C@@H](c1ccccc1)N(C(C)=O)C2. The zero-order valence-corrected chi connectivity index (χ0v) is 15.3. The lowest BCUT2D eigenvalue weighted by molar-refractivity contribution is -0.134. The molecule has 0 bridgehead atoms. The molecule has 7 heteroatoms. The van der Waals surface area contributed by atoms with Gasteiger partial charge in [0, 0.05) is 39.4 Å². The highest BCUT2D eigenvalue weighted by atomic mass is 16.2. The molecule has 3 atom stereocenters. The van der Waals surface area contributed by atoms with Gasteiger partial charge in [-0.05, 0) is 12.0 Å². The summed E-state index contributed by atoms with van der Waals surface area (Å²) in [6.07, 6.45) is 0.704. The van der Waals surface area contributed by atoms with Gasteiger partial charge in [-0.15, -0.1) is 0 Å². The number of fused-ring (bicyclic) bond motifs is 1. The van der Waals surface area contributed by atoms with Crippen molar-refractivity contribution in [3.8, 4) is 0 Å². The number of nitrogens with two attached hydrogens (primary N) is 1. The number of hydrogen-bond acceptors (Lipinski definition) is 4. The summed E-state index contributed by atoms with van der Waals surface area (Å²) in [6.45, 7) is 4.32. The molecule has 140 valence electrons. The van der Waals surface area contributed by atoms with Gasteiger partial charge in [0.25, 0.3) is 0 Å². The molecule has 0 unspecified atom stereocenters.